The summed E-state index contributed by atoms with van der Waals surface area (Å²) in [5, 5.41) is 8.86. The van der Waals surface area contributed by atoms with E-state index < -0.39 is 21.8 Å². The van der Waals surface area contributed by atoms with E-state index in [0.717, 1.165) is 24.3 Å². The highest BCUT2D eigenvalue weighted by Gasteiger charge is 2.30. The first kappa shape index (κ1) is 15.4. The van der Waals surface area contributed by atoms with Crippen LogP contribution in [0.2, 0.25) is 0 Å². The zero-order valence-electron chi connectivity index (χ0n) is 10.5. The molecule has 0 aliphatic carbocycles. The van der Waals surface area contributed by atoms with E-state index in [9.17, 15) is 21.6 Å². The summed E-state index contributed by atoms with van der Waals surface area (Å²) in [4.78, 5) is 2.44. The smallest absolute Gasteiger partial charge is 0.390 e. The molecule has 0 fully saturated rings. The van der Waals surface area contributed by atoms with Gasteiger partial charge in [-0.2, -0.15) is 13.2 Å². The van der Waals surface area contributed by atoms with Gasteiger partial charge in [0.15, 0.2) is 0 Å². The van der Waals surface area contributed by atoms with Crippen molar-refractivity contribution in [3.05, 3.63) is 47.8 Å². The quantitative estimate of drug-likeness (QED) is 0.808. The minimum Gasteiger partial charge on any atom is -0.390 e. The first-order valence-electron chi connectivity index (χ1n) is 5.70. The summed E-state index contributed by atoms with van der Waals surface area (Å²) in [6.45, 7) is -0.351. The summed E-state index contributed by atoms with van der Waals surface area (Å²) in [6.07, 6.45) is -3.30. The van der Waals surface area contributed by atoms with E-state index in [1.165, 1.54) is 12.3 Å². The van der Waals surface area contributed by atoms with Crippen molar-refractivity contribution in [1.29, 1.82) is 0 Å². The standard InChI is InChI=1S/C12H11F3N2O3S/c13-12(14,15)8-1-3-9(4-2-8)17-21(19,20)11-5-10(7-18)16-6-11/h1-6,16-18H,7H2. The van der Waals surface area contributed by atoms with Crippen LogP contribution in [0.25, 0.3) is 0 Å². The average molecular weight is 320 g/mol. The van der Waals surface area contributed by atoms with Crippen LogP contribution < -0.4 is 4.72 Å². The predicted octanol–water partition coefficient (Wildman–Crippen LogP) is 2.33. The molecule has 0 spiro atoms. The number of sulfonamides is 1. The number of nitrogens with one attached hydrogen (secondary N) is 2. The molecule has 2 rings (SSSR count). The molecule has 9 heteroatoms. The summed E-state index contributed by atoms with van der Waals surface area (Å²) in [5.41, 5.74) is -0.549. The number of benzene rings is 1. The van der Waals surface area contributed by atoms with Crippen LogP contribution in [0.4, 0.5) is 18.9 Å². The Balaban J connectivity index is 2.21. The van der Waals surface area contributed by atoms with E-state index in [4.69, 9.17) is 5.11 Å². The van der Waals surface area contributed by atoms with E-state index >= 15 is 0 Å². The van der Waals surface area contributed by atoms with Crippen LogP contribution in [0.5, 0.6) is 0 Å². The number of alkyl halides is 3. The van der Waals surface area contributed by atoms with Crippen LogP contribution in [-0.4, -0.2) is 18.5 Å². The zero-order valence-corrected chi connectivity index (χ0v) is 11.3. The van der Waals surface area contributed by atoms with Crippen molar-refractivity contribution in [2.45, 2.75) is 17.7 Å². The topological polar surface area (TPSA) is 82.2 Å². The maximum Gasteiger partial charge on any atom is 0.416 e. The monoisotopic (exact) mass is 320 g/mol. The number of halogens is 3. The van der Waals surface area contributed by atoms with Gasteiger partial charge in [0.05, 0.1) is 12.2 Å². The minimum atomic E-state index is -4.48. The van der Waals surface area contributed by atoms with Crippen molar-refractivity contribution < 1.29 is 26.7 Å². The normalized spacial score (nSPS) is 12.4. The van der Waals surface area contributed by atoms with Gasteiger partial charge in [0, 0.05) is 17.6 Å². The first-order valence-corrected chi connectivity index (χ1v) is 7.19. The number of hydrogen-bond acceptors (Lipinski definition) is 3. The lowest BCUT2D eigenvalue weighted by Crippen LogP contribution is -2.12. The molecule has 0 atom stereocenters. The number of rotatable bonds is 4. The van der Waals surface area contributed by atoms with Crippen LogP contribution in [0.1, 0.15) is 11.3 Å². The second kappa shape index (κ2) is 5.41. The van der Waals surface area contributed by atoms with Gasteiger partial charge in [0.1, 0.15) is 4.90 Å². The molecule has 0 radical (unpaired) electrons. The van der Waals surface area contributed by atoms with Crippen LogP contribution in [0.3, 0.4) is 0 Å². The highest BCUT2D eigenvalue weighted by molar-refractivity contribution is 7.92. The Morgan fingerprint density at radius 2 is 1.81 bits per heavy atom. The van der Waals surface area contributed by atoms with Gasteiger partial charge < -0.3 is 10.1 Å². The highest BCUT2D eigenvalue weighted by Crippen LogP contribution is 2.30. The SMILES string of the molecule is O=S(=O)(Nc1ccc(C(F)(F)F)cc1)c1c[nH]c(CO)c1. The van der Waals surface area contributed by atoms with Crippen molar-refractivity contribution in [2.24, 2.45) is 0 Å². The number of aromatic nitrogens is 1. The minimum absolute atomic E-state index is 0.00903. The lowest BCUT2D eigenvalue weighted by atomic mass is 10.2. The Morgan fingerprint density at radius 3 is 2.29 bits per heavy atom. The molecule has 0 aliphatic rings. The fraction of sp³-hybridized carbons (Fsp3) is 0.167. The molecule has 0 amide bonds. The van der Waals surface area contributed by atoms with Gasteiger partial charge in [-0.3, -0.25) is 4.72 Å². The maximum atomic E-state index is 12.4. The molecule has 5 nitrogen and oxygen atoms in total. The molecule has 0 saturated heterocycles. The number of aliphatic hydroxyl groups is 1. The number of hydrogen-bond donors (Lipinski definition) is 3. The lowest BCUT2D eigenvalue weighted by molar-refractivity contribution is -0.137. The molecule has 0 bridgehead atoms. The Hall–Kier alpha value is -2.00. The van der Waals surface area contributed by atoms with E-state index in [2.05, 4.69) is 9.71 Å². The fourth-order valence-electron chi connectivity index (χ4n) is 1.61. The zero-order chi connectivity index (χ0) is 15.7. The van der Waals surface area contributed by atoms with Crippen molar-refractivity contribution >= 4 is 15.7 Å². The molecule has 2 aromatic rings. The van der Waals surface area contributed by atoms with E-state index in [1.54, 1.807) is 0 Å². The molecule has 114 valence electrons. The van der Waals surface area contributed by atoms with E-state index in [0.29, 0.717) is 5.69 Å². The van der Waals surface area contributed by atoms with Gasteiger partial charge in [-0.25, -0.2) is 8.42 Å². The fourth-order valence-corrected chi connectivity index (χ4v) is 2.68. The Bertz CT molecular complexity index is 721. The predicted molar refractivity (Wildman–Crippen MR) is 69.0 cm³/mol. The molecular weight excluding hydrogens is 309 g/mol. The van der Waals surface area contributed by atoms with Crippen molar-refractivity contribution in [2.75, 3.05) is 4.72 Å². The highest BCUT2D eigenvalue weighted by atomic mass is 32.2. The van der Waals surface area contributed by atoms with Gasteiger partial charge in [-0.15, -0.1) is 0 Å². The van der Waals surface area contributed by atoms with Gasteiger partial charge in [-0.1, -0.05) is 0 Å². The summed E-state index contributed by atoms with van der Waals surface area (Å²) in [5.74, 6) is 0. The Morgan fingerprint density at radius 1 is 1.19 bits per heavy atom. The third-order valence-corrected chi connectivity index (χ3v) is 4.02. The maximum absolute atomic E-state index is 12.4. The van der Waals surface area contributed by atoms with Crippen LogP contribution in [-0.2, 0) is 22.8 Å². The van der Waals surface area contributed by atoms with Crippen molar-refractivity contribution in [3.63, 3.8) is 0 Å². The number of H-pyrrole nitrogens is 1. The molecule has 1 aromatic carbocycles. The number of aliphatic hydroxyl groups excluding tert-OH is 1. The molecule has 0 unspecified atom stereocenters. The third-order valence-electron chi connectivity index (χ3n) is 2.66. The van der Waals surface area contributed by atoms with Gasteiger partial charge in [0.25, 0.3) is 10.0 Å². The van der Waals surface area contributed by atoms with Gasteiger partial charge in [0.2, 0.25) is 0 Å². The van der Waals surface area contributed by atoms with E-state index in [-0.39, 0.29) is 17.2 Å². The summed E-state index contributed by atoms with van der Waals surface area (Å²) < 4.78 is 63.3. The summed E-state index contributed by atoms with van der Waals surface area (Å²) >= 11 is 0. The van der Waals surface area contributed by atoms with Crippen molar-refractivity contribution in [3.8, 4) is 0 Å². The number of anilines is 1. The molecule has 0 aliphatic heterocycles. The van der Waals surface area contributed by atoms with Crippen LogP contribution >= 0.6 is 0 Å². The van der Waals surface area contributed by atoms with E-state index in [1.807, 2.05) is 0 Å². The molecule has 1 aromatic heterocycles. The van der Waals surface area contributed by atoms with Crippen LogP contribution in [0.15, 0.2) is 41.4 Å². The average Bonchev–Trinajstić information content (AvgIpc) is 2.87. The van der Waals surface area contributed by atoms with Crippen molar-refractivity contribution in [1.82, 2.24) is 4.98 Å². The summed E-state index contributed by atoms with van der Waals surface area (Å²) in [7, 11) is -3.92. The number of aromatic amines is 1. The Labute approximate surface area is 118 Å². The molecule has 0 saturated carbocycles. The second-order valence-corrected chi connectivity index (χ2v) is 5.88. The van der Waals surface area contributed by atoms with Gasteiger partial charge >= 0.3 is 6.18 Å². The lowest BCUT2D eigenvalue weighted by Gasteiger charge is -2.09. The third kappa shape index (κ3) is 3.56. The molecular formula is C12H11F3N2O3S. The summed E-state index contributed by atoms with van der Waals surface area (Å²) in [6, 6.07) is 4.86. The second-order valence-electron chi connectivity index (χ2n) is 4.20. The molecule has 21 heavy (non-hydrogen) atoms. The van der Waals surface area contributed by atoms with Gasteiger partial charge in [-0.05, 0) is 30.3 Å². The van der Waals surface area contributed by atoms with Crippen LogP contribution in [0, 0.1) is 0 Å². The molecule has 1 heterocycles. The first-order chi connectivity index (χ1) is 9.72. The molecule has 3 N–H and O–H groups in total. The Kier molecular flexibility index (Phi) is 3.97. The largest absolute Gasteiger partial charge is 0.416 e.